The van der Waals surface area contributed by atoms with E-state index in [0.717, 1.165) is 0 Å². The molecule has 28 heavy (non-hydrogen) atoms. The number of aromatic hydroxyl groups is 1. The maximum absolute atomic E-state index is 12.7. The molecule has 1 aromatic heterocycles. The van der Waals surface area contributed by atoms with Gasteiger partial charge in [-0.1, -0.05) is 22.9 Å². The van der Waals surface area contributed by atoms with Crippen LogP contribution >= 0.6 is 23.4 Å². The number of carbonyl (C=O) groups excluding carboxylic acids is 2. The summed E-state index contributed by atoms with van der Waals surface area (Å²) in [5.41, 5.74) is 6.45. The average molecular weight is 424 g/mol. The van der Waals surface area contributed by atoms with Gasteiger partial charge in [-0.3, -0.25) is 9.59 Å². The van der Waals surface area contributed by atoms with Crippen LogP contribution in [0.15, 0.2) is 18.2 Å². The third kappa shape index (κ3) is 2.90. The van der Waals surface area contributed by atoms with Gasteiger partial charge in [0.05, 0.1) is 5.02 Å². The summed E-state index contributed by atoms with van der Waals surface area (Å²) in [5.74, 6) is -0.378. The van der Waals surface area contributed by atoms with Gasteiger partial charge in [-0.05, 0) is 31.5 Å². The molecule has 3 unspecified atom stereocenters. The van der Waals surface area contributed by atoms with E-state index in [2.05, 4.69) is 25.9 Å². The number of aromatic amines is 1. The summed E-state index contributed by atoms with van der Waals surface area (Å²) >= 11 is 7.44. The molecule has 0 saturated carbocycles. The third-order valence-electron chi connectivity index (χ3n) is 4.96. The van der Waals surface area contributed by atoms with Crippen molar-refractivity contribution in [2.24, 2.45) is 5.73 Å². The van der Waals surface area contributed by atoms with Gasteiger partial charge in [-0.15, -0.1) is 22.0 Å². The Morgan fingerprint density at radius 2 is 2.25 bits per heavy atom. The van der Waals surface area contributed by atoms with Crippen LogP contribution in [0.5, 0.6) is 5.75 Å². The molecule has 2 fully saturated rings. The molecule has 5 N–H and O–H groups in total. The Balaban J connectivity index is 1.49. The highest BCUT2D eigenvalue weighted by atomic mass is 35.5. The Bertz CT molecular complexity index is 938. The Morgan fingerprint density at radius 1 is 1.50 bits per heavy atom. The van der Waals surface area contributed by atoms with Crippen molar-refractivity contribution < 1.29 is 14.7 Å². The second kappa shape index (κ2) is 6.61. The van der Waals surface area contributed by atoms with Gasteiger partial charge >= 0.3 is 0 Å². The number of thioether (sulfide) groups is 1. The van der Waals surface area contributed by atoms with Crippen LogP contribution in [0.3, 0.4) is 0 Å². The summed E-state index contributed by atoms with van der Waals surface area (Å²) < 4.78 is -0.351. The highest BCUT2D eigenvalue weighted by molar-refractivity contribution is 8.01. The number of tetrazole rings is 1. The molecule has 148 valence electrons. The molecule has 2 aliphatic heterocycles. The van der Waals surface area contributed by atoms with E-state index < -0.39 is 18.0 Å². The largest absolute Gasteiger partial charge is 0.506 e. The first kappa shape index (κ1) is 19.0. The second-order valence-electron chi connectivity index (χ2n) is 7.20. The molecule has 0 spiro atoms. The normalized spacial score (nSPS) is 26.5. The highest BCUT2D eigenvalue weighted by Gasteiger charge is 2.63. The van der Waals surface area contributed by atoms with E-state index in [0.29, 0.717) is 11.4 Å². The standard InChI is InChI=1S/C16H18ClN7O3S/c1-16(2)11(12-20-22-23-21-12)24-14(27)10(15(24)28-16)19-13(26)9(18)6-3-4-8(25)7(17)5-6/h3-5,9-11,15,25H,18H2,1-2H3,(H,19,26)(H,20,21,22,23)/t9?,10?,11?,15-/m0/s1. The zero-order valence-corrected chi connectivity index (χ0v) is 16.5. The maximum atomic E-state index is 12.7. The van der Waals surface area contributed by atoms with Gasteiger partial charge in [0.2, 0.25) is 11.8 Å². The van der Waals surface area contributed by atoms with Gasteiger partial charge in [-0.25, -0.2) is 0 Å². The number of nitrogens with two attached hydrogens (primary N) is 1. The van der Waals surface area contributed by atoms with Crippen LogP contribution in [0.2, 0.25) is 5.02 Å². The number of phenolic OH excluding ortho intramolecular Hbond substituents is 1. The molecule has 12 heteroatoms. The van der Waals surface area contributed by atoms with Crippen LogP contribution in [0.1, 0.15) is 37.3 Å². The lowest BCUT2D eigenvalue weighted by Crippen LogP contribution is -2.68. The van der Waals surface area contributed by atoms with Crippen LogP contribution in [-0.2, 0) is 9.59 Å². The lowest BCUT2D eigenvalue weighted by Gasteiger charge is -2.44. The molecule has 0 aliphatic carbocycles. The summed E-state index contributed by atoms with van der Waals surface area (Å²) in [5, 5.41) is 26.1. The van der Waals surface area contributed by atoms with Gasteiger partial charge < -0.3 is 21.1 Å². The molecule has 2 saturated heterocycles. The van der Waals surface area contributed by atoms with Gasteiger partial charge in [0.1, 0.15) is 29.2 Å². The molecule has 0 radical (unpaired) electrons. The minimum Gasteiger partial charge on any atom is -0.506 e. The molecule has 2 amide bonds. The number of phenols is 1. The Kier molecular flexibility index (Phi) is 4.47. The number of β-lactam (4-membered cyclic amide) rings is 1. The molecule has 4 atom stereocenters. The number of hydrogen-bond donors (Lipinski definition) is 4. The molecule has 10 nitrogen and oxygen atoms in total. The smallest absolute Gasteiger partial charge is 0.249 e. The van der Waals surface area contributed by atoms with E-state index in [1.165, 1.54) is 18.2 Å². The van der Waals surface area contributed by atoms with Crippen molar-refractivity contribution in [3.05, 3.63) is 34.6 Å². The van der Waals surface area contributed by atoms with E-state index in [1.807, 2.05) is 13.8 Å². The number of aromatic nitrogens is 4. The quantitative estimate of drug-likeness (QED) is 0.518. The summed E-state index contributed by atoms with van der Waals surface area (Å²) in [6.45, 7) is 3.99. The number of halogens is 1. The van der Waals surface area contributed by atoms with E-state index in [4.69, 9.17) is 17.3 Å². The molecule has 1 aromatic carbocycles. The van der Waals surface area contributed by atoms with Crippen molar-refractivity contribution in [2.45, 2.75) is 42.1 Å². The highest BCUT2D eigenvalue weighted by Crippen LogP contribution is 2.56. The van der Waals surface area contributed by atoms with Crippen LogP contribution in [0.25, 0.3) is 0 Å². The number of benzene rings is 1. The number of rotatable bonds is 4. The van der Waals surface area contributed by atoms with Gasteiger partial charge in [0.15, 0.2) is 5.82 Å². The zero-order valence-electron chi connectivity index (χ0n) is 15.0. The van der Waals surface area contributed by atoms with Crippen LogP contribution < -0.4 is 11.1 Å². The minimum absolute atomic E-state index is 0.0973. The Hall–Kier alpha value is -2.37. The topological polar surface area (TPSA) is 150 Å². The van der Waals surface area contributed by atoms with Crippen molar-refractivity contribution in [3.8, 4) is 5.75 Å². The van der Waals surface area contributed by atoms with Gasteiger partial charge in [0, 0.05) is 4.75 Å². The van der Waals surface area contributed by atoms with Gasteiger partial charge in [0.25, 0.3) is 0 Å². The number of fused-ring (bicyclic) bond motifs is 1. The van der Waals surface area contributed by atoms with E-state index in [-0.39, 0.29) is 32.8 Å². The van der Waals surface area contributed by atoms with Crippen molar-refractivity contribution in [2.75, 3.05) is 0 Å². The van der Waals surface area contributed by atoms with Crippen LogP contribution in [0, 0.1) is 0 Å². The summed E-state index contributed by atoms with van der Waals surface area (Å²) in [7, 11) is 0. The molecule has 4 rings (SSSR count). The summed E-state index contributed by atoms with van der Waals surface area (Å²) in [6.07, 6.45) is 0. The molecular formula is C16H18ClN7O3S. The molecule has 3 heterocycles. The zero-order chi connectivity index (χ0) is 20.2. The number of carbonyl (C=O) groups is 2. The average Bonchev–Trinajstić information content (AvgIpc) is 3.25. The summed E-state index contributed by atoms with van der Waals surface area (Å²) in [6, 6.07) is 2.26. The number of nitrogens with one attached hydrogen (secondary N) is 2. The number of nitrogens with zero attached hydrogens (tertiary/aromatic N) is 4. The third-order valence-corrected chi connectivity index (χ3v) is 6.83. The van der Waals surface area contributed by atoms with E-state index in [1.54, 1.807) is 16.7 Å². The predicted octanol–water partition coefficient (Wildman–Crippen LogP) is 0.478. The molecular weight excluding hydrogens is 406 g/mol. The van der Waals surface area contributed by atoms with E-state index >= 15 is 0 Å². The second-order valence-corrected chi connectivity index (χ2v) is 9.38. The van der Waals surface area contributed by atoms with Crippen LogP contribution in [0.4, 0.5) is 0 Å². The monoisotopic (exact) mass is 423 g/mol. The number of H-pyrrole nitrogens is 1. The first-order chi connectivity index (χ1) is 13.2. The maximum Gasteiger partial charge on any atom is 0.249 e. The van der Waals surface area contributed by atoms with Crippen molar-refractivity contribution in [1.29, 1.82) is 0 Å². The summed E-state index contributed by atoms with van der Waals surface area (Å²) in [4.78, 5) is 27.0. The van der Waals surface area contributed by atoms with Crippen molar-refractivity contribution in [1.82, 2.24) is 30.8 Å². The lowest BCUT2D eigenvalue weighted by molar-refractivity contribution is -0.152. The minimum atomic E-state index is -1.02. The Labute approximate surface area is 169 Å². The van der Waals surface area contributed by atoms with Crippen LogP contribution in [-0.4, -0.2) is 58.6 Å². The van der Waals surface area contributed by atoms with Gasteiger partial charge in [-0.2, -0.15) is 5.21 Å². The predicted molar refractivity (Wildman–Crippen MR) is 101 cm³/mol. The van der Waals surface area contributed by atoms with E-state index in [9.17, 15) is 14.7 Å². The van der Waals surface area contributed by atoms with Crippen molar-refractivity contribution in [3.63, 3.8) is 0 Å². The first-order valence-corrected chi connectivity index (χ1v) is 9.74. The number of amides is 2. The Morgan fingerprint density at radius 3 is 2.89 bits per heavy atom. The molecule has 0 bridgehead atoms. The number of hydrogen-bond acceptors (Lipinski definition) is 8. The molecule has 2 aromatic rings. The fraction of sp³-hybridized carbons (Fsp3) is 0.438. The fourth-order valence-electron chi connectivity index (χ4n) is 3.56. The fourth-order valence-corrected chi connectivity index (χ4v) is 5.38. The lowest BCUT2D eigenvalue weighted by atomic mass is 9.95. The molecule has 2 aliphatic rings. The van der Waals surface area contributed by atoms with Crippen molar-refractivity contribution >= 4 is 35.2 Å². The first-order valence-electron chi connectivity index (χ1n) is 8.48. The SMILES string of the molecule is CC1(C)S[C@H]2C(NC(=O)C(N)c3ccc(O)c(Cl)c3)C(=O)N2C1c1nn[nH]n1.